The van der Waals surface area contributed by atoms with Crippen LogP contribution in [0.25, 0.3) is 0 Å². The van der Waals surface area contributed by atoms with Crippen LogP contribution >= 0.6 is 15.9 Å². The molecule has 19 heavy (non-hydrogen) atoms. The first-order valence-corrected chi connectivity index (χ1v) is 7.70. The van der Waals surface area contributed by atoms with E-state index < -0.39 is 0 Å². The van der Waals surface area contributed by atoms with E-state index in [1.807, 2.05) is 25.1 Å². The molecular formula is C15H24BrNO2. The van der Waals surface area contributed by atoms with Crippen LogP contribution in [0, 0.1) is 6.92 Å². The van der Waals surface area contributed by atoms with Crippen molar-refractivity contribution in [3.05, 3.63) is 28.2 Å². The Morgan fingerprint density at radius 2 is 2.00 bits per heavy atom. The van der Waals surface area contributed by atoms with E-state index in [1.165, 1.54) is 12.8 Å². The summed E-state index contributed by atoms with van der Waals surface area (Å²) in [4.78, 5) is 0. The highest BCUT2D eigenvalue weighted by molar-refractivity contribution is 9.10. The fourth-order valence-corrected chi connectivity index (χ4v) is 2.13. The molecule has 1 aromatic carbocycles. The van der Waals surface area contributed by atoms with Gasteiger partial charge in [-0.1, -0.05) is 29.3 Å². The second-order valence-electron chi connectivity index (χ2n) is 4.47. The average Bonchev–Trinajstić information content (AvgIpc) is 2.39. The van der Waals surface area contributed by atoms with E-state index in [0.717, 1.165) is 35.5 Å². The van der Waals surface area contributed by atoms with Crippen molar-refractivity contribution in [1.82, 2.24) is 5.32 Å². The van der Waals surface area contributed by atoms with Crippen LogP contribution in [0.15, 0.2) is 22.7 Å². The van der Waals surface area contributed by atoms with Gasteiger partial charge in [0, 0.05) is 11.0 Å². The number of hydrogen-bond donors (Lipinski definition) is 1. The molecule has 0 unspecified atom stereocenters. The third-order valence-corrected chi connectivity index (χ3v) is 3.25. The summed E-state index contributed by atoms with van der Waals surface area (Å²) >= 11 is 3.44. The van der Waals surface area contributed by atoms with Crippen molar-refractivity contribution in [3.63, 3.8) is 0 Å². The second kappa shape index (κ2) is 10.2. The summed E-state index contributed by atoms with van der Waals surface area (Å²) in [5.41, 5.74) is 1.13. The molecule has 108 valence electrons. The summed E-state index contributed by atoms with van der Waals surface area (Å²) in [5.74, 6) is 0.924. The van der Waals surface area contributed by atoms with Crippen LogP contribution in [0.2, 0.25) is 0 Å². The molecule has 3 nitrogen and oxygen atoms in total. The number of rotatable bonds is 10. The van der Waals surface area contributed by atoms with Crippen LogP contribution < -0.4 is 10.1 Å². The smallest absolute Gasteiger partial charge is 0.122 e. The highest BCUT2D eigenvalue weighted by Gasteiger charge is 1.99. The van der Waals surface area contributed by atoms with Crippen LogP contribution in [-0.2, 0) is 4.74 Å². The van der Waals surface area contributed by atoms with Gasteiger partial charge in [-0.05, 0) is 43.7 Å². The van der Waals surface area contributed by atoms with Gasteiger partial charge in [-0.25, -0.2) is 0 Å². The van der Waals surface area contributed by atoms with E-state index >= 15 is 0 Å². The molecule has 0 atom stereocenters. The Bertz CT molecular complexity index is 358. The molecule has 0 saturated heterocycles. The Balaban J connectivity index is 2.01. The van der Waals surface area contributed by atoms with Gasteiger partial charge in [-0.15, -0.1) is 0 Å². The van der Waals surface area contributed by atoms with E-state index in [2.05, 4.69) is 28.2 Å². The lowest BCUT2D eigenvalue weighted by Crippen LogP contribution is -2.21. The standard InChI is InChI=1S/C15H24BrNO2/c1-3-4-7-17-8-9-18-10-11-19-15-6-5-14(16)12-13(15)2/h5-6,12,17H,3-4,7-11H2,1-2H3. The number of ether oxygens (including phenoxy) is 2. The summed E-state index contributed by atoms with van der Waals surface area (Å²) in [7, 11) is 0. The predicted molar refractivity (Wildman–Crippen MR) is 83.0 cm³/mol. The van der Waals surface area contributed by atoms with Gasteiger partial charge in [-0.3, -0.25) is 0 Å². The van der Waals surface area contributed by atoms with Gasteiger partial charge < -0.3 is 14.8 Å². The molecule has 0 aliphatic carbocycles. The van der Waals surface area contributed by atoms with Crippen molar-refractivity contribution in [3.8, 4) is 5.75 Å². The van der Waals surface area contributed by atoms with Crippen molar-refractivity contribution < 1.29 is 9.47 Å². The maximum Gasteiger partial charge on any atom is 0.122 e. The number of aryl methyl sites for hydroxylation is 1. The second-order valence-corrected chi connectivity index (χ2v) is 5.39. The molecule has 0 fully saturated rings. The summed E-state index contributed by atoms with van der Waals surface area (Å²) in [5, 5.41) is 3.34. The molecule has 0 amide bonds. The van der Waals surface area contributed by atoms with E-state index in [9.17, 15) is 0 Å². The van der Waals surface area contributed by atoms with Gasteiger partial charge in [0.25, 0.3) is 0 Å². The lowest BCUT2D eigenvalue weighted by atomic mass is 10.2. The van der Waals surface area contributed by atoms with Gasteiger partial charge in [0.1, 0.15) is 12.4 Å². The van der Waals surface area contributed by atoms with E-state index in [-0.39, 0.29) is 0 Å². The zero-order chi connectivity index (χ0) is 13.9. The summed E-state index contributed by atoms with van der Waals surface area (Å²) in [6.45, 7) is 8.19. The SMILES string of the molecule is CCCCNCCOCCOc1ccc(Br)cc1C. The first kappa shape index (κ1) is 16.5. The highest BCUT2D eigenvalue weighted by atomic mass is 79.9. The normalized spacial score (nSPS) is 10.7. The van der Waals surface area contributed by atoms with E-state index in [0.29, 0.717) is 13.2 Å². The molecule has 1 rings (SSSR count). The number of benzene rings is 1. The Hall–Kier alpha value is -0.580. The Morgan fingerprint density at radius 1 is 1.16 bits per heavy atom. The van der Waals surface area contributed by atoms with Crippen molar-refractivity contribution in [2.75, 3.05) is 32.9 Å². The first-order chi connectivity index (χ1) is 9.24. The minimum atomic E-state index is 0.595. The molecule has 4 heteroatoms. The van der Waals surface area contributed by atoms with Gasteiger partial charge in [0.05, 0.1) is 13.2 Å². The van der Waals surface area contributed by atoms with Crippen molar-refractivity contribution in [1.29, 1.82) is 0 Å². The van der Waals surface area contributed by atoms with Gasteiger partial charge in [0.2, 0.25) is 0 Å². The zero-order valence-corrected chi connectivity index (χ0v) is 13.5. The van der Waals surface area contributed by atoms with Crippen LogP contribution in [0.5, 0.6) is 5.75 Å². The minimum Gasteiger partial charge on any atom is -0.491 e. The van der Waals surface area contributed by atoms with Crippen LogP contribution in [0.4, 0.5) is 0 Å². The molecular weight excluding hydrogens is 306 g/mol. The summed E-state index contributed by atoms with van der Waals surface area (Å²) in [6.07, 6.45) is 2.46. The average molecular weight is 330 g/mol. The molecule has 0 saturated carbocycles. The van der Waals surface area contributed by atoms with Crippen molar-refractivity contribution in [2.45, 2.75) is 26.7 Å². The van der Waals surface area contributed by atoms with E-state index in [4.69, 9.17) is 9.47 Å². The third-order valence-electron chi connectivity index (χ3n) is 2.75. The van der Waals surface area contributed by atoms with Gasteiger partial charge in [0.15, 0.2) is 0 Å². The van der Waals surface area contributed by atoms with Gasteiger partial charge >= 0.3 is 0 Å². The third kappa shape index (κ3) is 7.55. The van der Waals surface area contributed by atoms with Crippen LogP contribution in [0.1, 0.15) is 25.3 Å². The molecule has 1 N–H and O–H groups in total. The monoisotopic (exact) mass is 329 g/mol. The number of unbranched alkanes of at least 4 members (excludes halogenated alkanes) is 1. The first-order valence-electron chi connectivity index (χ1n) is 6.91. The minimum absolute atomic E-state index is 0.595. The van der Waals surface area contributed by atoms with Crippen LogP contribution in [0.3, 0.4) is 0 Å². The Kier molecular flexibility index (Phi) is 8.88. The summed E-state index contributed by atoms with van der Waals surface area (Å²) < 4.78 is 12.2. The molecule has 0 heterocycles. The fourth-order valence-electron chi connectivity index (χ4n) is 1.66. The Morgan fingerprint density at radius 3 is 2.74 bits per heavy atom. The predicted octanol–water partition coefficient (Wildman–Crippen LogP) is 3.54. The Labute approximate surface area is 124 Å². The summed E-state index contributed by atoms with van der Waals surface area (Å²) in [6, 6.07) is 6.01. The molecule has 0 spiro atoms. The molecule has 1 aromatic rings. The molecule has 0 aliphatic rings. The van der Waals surface area contributed by atoms with Crippen molar-refractivity contribution >= 4 is 15.9 Å². The zero-order valence-electron chi connectivity index (χ0n) is 11.9. The van der Waals surface area contributed by atoms with Crippen LogP contribution in [-0.4, -0.2) is 32.9 Å². The van der Waals surface area contributed by atoms with E-state index in [1.54, 1.807) is 0 Å². The number of halogens is 1. The lowest BCUT2D eigenvalue weighted by molar-refractivity contribution is 0.102. The van der Waals surface area contributed by atoms with Gasteiger partial charge in [-0.2, -0.15) is 0 Å². The highest BCUT2D eigenvalue weighted by Crippen LogP contribution is 2.21. The molecule has 0 aliphatic heterocycles. The topological polar surface area (TPSA) is 30.5 Å². The quantitative estimate of drug-likeness (QED) is 0.666. The molecule has 0 bridgehead atoms. The maximum absolute atomic E-state index is 5.67. The number of hydrogen-bond acceptors (Lipinski definition) is 3. The molecule has 0 radical (unpaired) electrons. The molecule has 0 aromatic heterocycles. The van der Waals surface area contributed by atoms with Crippen molar-refractivity contribution in [2.24, 2.45) is 0 Å². The largest absolute Gasteiger partial charge is 0.491 e. The number of nitrogens with one attached hydrogen (secondary N) is 1. The maximum atomic E-state index is 5.67. The fraction of sp³-hybridized carbons (Fsp3) is 0.600. The lowest BCUT2D eigenvalue weighted by Gasteiger charge is -2.10.